The van der Waals surface area contributed by atoms with E-state index in [1.165, 1.54) is 24.6 Å². The monoisotopic (exact) mass is 400 g/mol. The number of sulfonamides is 1. The van der Waals surface area contributed by atoms with Gasteiger partial charge in [-0.05, 0) is 43.5 Å². The van der Waals surface area contributed by atoms with Crippen molar-refractivity contribution in [2.24, 2.45) is 0 Å². The van der Waals surface area contributed by atoms with Gasteiger partial charge in [-0.3, -0.25) is 0 Å². The molecule has 1 aliphatic rings. The largest absolute Gasteiger partial charge is 0.357 e. The molecule has 9 heteroatoms. The number of rotatable bonds is 5. The molecule has 0 saturated carbocycles. The second-order valence-corrected chi connectivity index (χ2v) is 8.36. The Kier molecular flexibility index (Phi) is 5.78. The maximum Gasteiger partial charge on any atom is 0.242 e. The molecule has 1 aromatic heterocycles. The van der Waals surface area contributed by atoms with E-state index in [2.05, 4.69) is 19.6 Å². The van der Waals surface area contributed by atoms with Gasteiger partial charge in [-0.2, -0.15) is 0 Å². The highest BCUT2D eigenvalue weighted by Gasteiger charge is 2.19. The lowest BCUT2D eigenvalue weighted by atomic mass is 10.1. The van der Waals surface area contributed by atoms with E-state index >= 15 is 0 Å². The van der Waals surface area contributed by atoms with Crippen molar-refractivity contribution >= 4 is 39.0 Å². The van der Waals surface area contributed by atoms with Gasteiger partial charge < -0.3 is 4.90 Å². The van der Waals surface area contributed by atoms with Gasteiger partial charge >= 0.3 is 0 Å². The molecule has 0 spiro atoms. The number of nitrogens with one attached hydrogen (secondary N) is 1. The number of hydrogen-bond acceptors (Lipinski definition) is 5. The Morgan fingerprint density at radius 1 is 1.12 bits per heavy atom. The van der Waals surface area contributed by atoms with E-state index in [0.717, 1.165) is 31.7 Å². The SMILES string of the molecule is O=S(=O)(NCc1nccc(N2CCCCC2)n1)c1cc(Cl)ccc1Cl. The van der Waals surface area contributed by atoms with Crippen molar-refractivity contribution in [3.05, 3.63) is 46.3 Å². The Hall–Kier alpha value is -1.41. The van der Waals surface area contributed by atoms with E-state index in [9.17, 15) is 8.42 Å². The molecule has 2 heterocycles. The van der Waals surface area contributed by atoms with Crippen molar-refractivity contribution in [1.29, 1.82) is 0 Å². The fourth-order valence-corrected chi connectivity index (χ4v) is 4.43. The van der Waals surface area contributed by atoms with E-state index in [0.29, 0.717) is 10.8 Å². The van der Waals surface area contributed by atoms with Gasteiger partial charge in [-0.1, -0.05) is 23.2 Å². The van der Waals surface area contributed by atoms with Gasteiger partial charge in [-0.15, -0.1) is 0 Å². The van der Waals surface area contributed by atoms with Crippen molar-refractivity contribution in [2.45, 2.75) is 30.7 Å². The van der Waals surface area contributed by atoms with Crippen LogP contribution in [0.4, 0.5) is 5.82 Å². The predicted molar refractivity (Wildman–Crippen MR) is 98.6 cm³/mol. The van der Waals surface area contributed by atoms with Crippen molar-refractivity contribution in [1.82, 2.24) is 14.7 Å². The minimum Gasteiger partial charge on any atom is -0.357 e. The number of piperidine rings is 1. The van der Waals surface area contributed by atoms with Crippen molar-refractivity contribution in [3.8, 4) is 0 Å². The van der Waals surface area contributed by atoms with E-state index < -0.39 is 10.0 Å². The Morgan fingerprint density at radius 3 is 2.64 bits per heavy atom. The zero-order valence-corrected chi connectivity index (χ0v) is 15.8. The normalized spacial score (nSPS) is 15.4. The van der Waals surface area contributed by atoms with Crippen LogP contribution < -0.4 is 9.62 Å². The molecule has 1 aliphatic heterocycles. The summed E-state index contributed by atoms with van der Waals surface area (Å²) in [4.78, 5) is 10.7. The summed E-state index contributed by atoms with van der Waals surface area (Å²) in [5.41, 5.74) is 0. The number of halogens is 2. The lowest BCUT2D eigenvalue weighted by molar-refractivity contribution is 0.569. The summed E-state index contributed by atoms with van der Waals surface area (Å²) in [7, 11) is -3.81. The average Bonchev–Trinajstić information content (AvgIpc) is 2.63. The third-order valence-corrected chi connectivity index (χ3v) is 6.09. The number of hydrogen-bond donors (Lipinski definition) is 1. The van der Waals surface area contributed by atoms with Crippen molar-refractivity contribution in [2.75, 3.05) is 18.0 Å². The number of benzene rings is 1. The summed E-state index contributed by atoms with van der Waals surface area (Å²) in [6.07, 6.45) is 5.15. The lowest BCUT2D eigenvalue weighted by Gasteiger charge is -2.27. The minimum absolute atomic E-state index is 0.0210. The molecule has 25 heavy (non-hydrogen) atoms. The van der Waals surface area contributed by atoms with E-state index in [1.807, 2.05) is 6.07 Å². The topological polar surface area (TPSA) is 75.2 Å². The molecule has 0 aliphatic carbocycles. The van der Waals surface area contributed by atoms with Crippen molar-refractivity contribution in [3.63, 3.8) is 0 Å². The fraction of sp³-hybridized carbons (Fsp3) is 0.375. The van der Waals surface area contributed by atoms with E-state index in [-0.39, 0.29) is 16.5 Å². The van der Waals surface area contributed by atoms with Crippen LogP contribution in [0.3, 0.4) is 0 Å². The highest BCUT2D eigenvalue weighted by molar-refractivity contribution is 7.89. The number of anilines is 1. The van der Waals surface area contributed by atoms with Gasteiger partial charge in [0.05, 0.1) is 11.6 Å². The summed E-state index contributed by atoms with van der Waals surface area (Å²) in [5.74, 6) is 1.23. The first-order chi connectivity index (χ1) is 12.0. The van der Waals surface area contributed by atoms with E-state index in [1.54, 1.807) is 6.20 Å². The second-order valence-electron chi connectivity index (χ2n) is 5.78. The molecule has 1 fully saturated rings. The summed E-state index contributed by atoms with van der Waals surface area (Å²) in [6, 6.07) is 6.15. The van der Waals surface area contributed by atoms with Crippen LogP contribution >= 0.6 is 23.2 Å². The zero-order chi connectivity index (χ0) is 17.9. The molecule has 0 unspecified atom stereocenters. The van der Waals surface area contributed by atoms with Gasteiger partial charge in [0.25, 0.3) is 0 Å². The Morgan fingerprint density at radius 2 is 1.88 bits per heavy atom. The molecule has 0 atom stereocenters. The Labute approximate surface area is 157 Å². The van der Waals surface area contributed by atoms with Crippen LogP contribution in [-0.2, 0) is 16.6 Å². The van der Waals surface area contributed by atoms with Crippen molar-refractivity contribution < 1.29 is 8.42 Å². The lowest BCUT2D eigenvalue weighted by Crippen LogP contribution is -2.31. The first-order valence-electron chi connectivity index (χ1n) is 7.97. The number of aromatic nitrogens is 2. The molecule has 3 rings (SSSR count). The molecule has 1 saturated heterocycles. The molecule has 1 N–H and O–H groups in total. The number of nitrogens with zero attached hydrogens (tertiary/aromatic N) is 3. The first-order valence-corrected chi connectivity index (χ1v) is 10.2. The Balaban J connectivity index is 1.73. The fourth-order valence-electron chi connectivity index (χ4n) is 2.69. The smallest absolute Gasteiger partial charge is 0.242 e. The molecule has 2 aromatic rings. The van der Waals surface area contributed by atoms with Crippen LogP contribution in [0.2, 0.25) is 10.0 Å². The Bertz CT molecular complexity index is 855. The third-order valence-electron chi connectivity index (χ3n) is 3.97. The van der Waals surface area contributed by atoms with Crippen LogP contribution in [0.15, 0.2) is 35.4 Å². The molecular formula is C16H18Cl2N4O2S. The molecule has 134 valence electrons. The molecule has 0 bridgehead atoms. The summed E-state index contributed by atoms with van der Waals surface area (Å²) in [5, 5.41) is 0.410. The van der Waals surface area contributed by atoms with Gasteiger partial charge in [0.1, 0.15) is 16.5 Å². The van der Waals surface area contributed by atoms with Crippen LogP contribution in [-0.4, -0.2) is 31.5 Å². The predicted octanol–water partition coefficient (Wildman–Crippen LogP) is 3.25. The highest BCUT2D eigenvalue weighted by Crippen LogP contribution is 2.25. The van der Waals surface area contributed by atoms with Gasteiger partial charge in [-0.25, -0.2) is 23.1 Å². The molecule has 6 nitrogen and oxygen atoms in total. The molecule has 1 aromatic carbocycles. The summed E-state index contributed by atoms with van der Waals surface area (Å²) < 4.78 is 27.4. The van der Waals surface area contributed by atoms with Gasteiger partial charge in [0.15, 0.2) is 0 Å². The first kappa shape index (κ1) is 18.4. The third kappa shape index (κ3) is 4.61. The molecule has 0 radical (unpaired) electrons. The van der Waals surface area contributed by atoms with Gasteiger partial charge in [0.2, 0.25) is 10.0 Å². The summed E-state index contributed by atoms with van der Waals surface area (Å²) in [6.45, 7) is 1.90. The van der Waals surface area contributed by atoms with Crippen LogP contribution in [0.1, 0.15) is 25.1 Å². The quantitative estimate of drug-likeness (QED) is 0.833. The molecule has 0 amide bonds. The molecular weight excluding hydrogens is 383 g/mol. The summed E-state index contributed by atoms with van der Waals surface area (Å²) >= 11 is 11.8. The maximum absolute atomic E-state index is 12.4. The van der Waals surface area contributed by atoms with E-state index in [4.69, 9.17) is 23.2 Å². The van der Waals surface area contributed by atoms with Crippen LogP contribution in [0, 0.1) is 0 Å². The average molecular weight is 401 g/mol. The standard InChI is InChI=1S/C16H18Cl2N4O2S/c17-12-4-5-13(18)14(10-12)25(23,24)20-11-15-19-7-6-16(21-15)22-8-2-1-3-9-22/h4-7,10,20H,1-3,8-9,11H2. The maximum atomic E-state index is 12.4. The zero-order valence-electron chi connectivity index (χ0n) is 13.5. The highest BCUT2D eigenvalue weighted by atomic mass is 35.5. The minimum atomic E-state index is -3.81. The van der Waals surface area contributed by atoms with Gasteiger partial charge in [0, 0.05) is 24.3 Å². The second kappa shape index (κ2) is 7.86. The van der Waals surface area contributed by atoms with Crippen LogP contribution in [0.5, 0.6) is 0 Å². The van der Waals surface area contributed by atoms with Crippen LogP contribution in [0.25, 0.3) is 0 Å².